The van der Waals surface area contributed by atoms with Crippen LogP contribution in [0.1, 0.15) is 6.42 Å². The highest BCUT2D eigenvalue weighted by atomic mass is 19.3. The van der Waals surface area contributed by atoms with Crippen LogP contribution in [0.4, 0.5) is 13.2 Å². The fourth-order valence-corrected chi connectivity index (χ4v) is 0.774. The average molecular weight is 189 g/mol. The molecule has 0 unspecified atom stereocenters. The highest BCUT2D eigenvalue weighted by molar-refractivity contribution is 5.20. The number of hydrogen-bond donors (Lipinski definition) is 0. The van der Waals surface area contributed by atoms with Gasteiger partial charge in [0, 0.05) is 0 Å². The van der Waals surface area contributed by atoms with Crippen LogP contribution in [0.2, 0.25) is 0 Å². The first-order valence-corrected chi connectivity index (χ1v) is 3.73. The number of ether oxygens (including phenoxy) is 1. The highest BCUT2D eigenvalue weighted by Gasteiger charge is 2.30. The first-order valence-electron chi connectivity index (χ1n) is 3.73. The minimum absolute atomic E-state index is 0.0130. The van der Waals surface area contributed by atoms with Crippen LogP contribution in [0.15, 0.2) is 24.3 Å². The van der Waals surface area contributed by atoms with Gasteiger partial charge in [-0.3, -0.25) is 4.39 Å². The van der Waals surface area contributed by atoms with Crippen molar-refractivity contribution in [3.05, 3.63) is 30.3 Å². The molecule has 0 aliphatic rings. The maximum atomic E-state index is 12.6. The van der Waals surface area contributed by atoms with Crippen molar-refractivity contribution in [1.82, 2.24) is 0 Å². The molecule has 1 rings (SSSR count). The zero-order chi connectivity index (χ0) is 9.73. The van der Waals surface area contributed by atoms with Gasteiger partial charge >= 0.3 is 6.11 Å². The Bertz CT molecular complexity index is 248. The second kappa shape index (κ2) is 4.16. The quantitative estimate of drug-likeness (QED) is 0.707. The van der Waals surface area contributed by atoms with Gasteiger partial charge in [-0.25, -0.2) is 0 Å². The van der Waals surface area contributed by atoms with Crippen molar-refractivity contribution in [1.29, 1.82) is 0 Å². The lowest BCUT2D eigenvalue weighted by Crippen LogP contribution is -2.25. The summed E-state index contributed by atoms with van der Waals surface area (Å²) in [5, 5.41) is 0. The molecule has 0 heterocycles. The molecule has 0 aliphatic heterocycles. The predicted molar refractivity (Wildman–Crippen MR) is 41.4 cm³/mol. The van der Waals surface area contributed by atoms with Gasteiger partial charge in [0.2, 0.25) is 0 Å². The Morgan fingerprint density at radius 3 is 2.77 bits per heavy atom. The summed E-state index contributed by atoms with van der Waals surface area (Å²) in [7, 11) is 0. The van der Waals surface area contributed by atoms with E-state index in [0.717, 1.165) is 0 Å². The molecule has 0 amide bonds. The Kier molecular flexibility index (Phi) is 3.17. The second-order valence-electron chi connectivity index (χ2n) is 2.42. The summed E-state index contributed by atoms with van der Waals surface area (Å²) in [6.45, 7) is -1.11. The molecule has 13 heavy (non-hydrogen) atoms. The van der Waals surface area contributed by atoms with Crippen LogP contribution in [0.25, 0.3) is 0 Å². The summed E-state index contributed by atoms with van der Waals surface area (Å²) < 4.78 is 41.1. The fraction of sp³-hybridized carbons (Fsp3) is 0.333. The minimum atomic E-state index is -3.44. The van der Waals surface area contributed by atoms with Gasteiger partial charge in [0.1, 0.15) is 5.75 Å². The average Bonchev–Trinajstić information content (AvgIpc) is 2.04. The van der Waals surface area contributed by atoms with Crippen LogP contribution >= 0.6 is 0 Å². The Morgan fingerprint density at radius 2 is 2.23 bits per heavy atom. The van der Waals surface area contributed by atoms with Crippen molar-refractivity contribution in [2.24, 2.45) is 0 Å². The van der Waals surface area contributed by atoms with Crippen molar-refractivity contribution in [3.8, 4) is 5.75 Å². The molecule has 0 atom stereocenters. The van der Waals surface area contributed by atoms with Gasteiger partial charge in [-0.05, 0) is 18.2 Å². The fourth-order valence-electron chi connectivity index (χ4n) is 0.774. The van der Waals surface area contributed by atoms with E-state index in [2.05, 4.69) is 10.8 Å². The molecular weight excluding hydrogens is 181 g/mol. The van der Waals surface area contributed by atoms with Gasteiger partial charge in [0.25, 0.3) is 0 Å². The van der Waals surface area contributed by atoms with E-state index in [1.54, 1.807) is 6.07 Å². The maximum absolute atomic E-state index is 12.6. The smallest absolute Gasteiger partial charge is 0.400 e. The van der Waals surface area contributed by atoms with E-state index in [9.17, 15) is 13.2 Å². The van der Waals surface area contributed by atoms with Gasteiger partial charge in [-0.1, -0.05) is 12.1 Å². The lowest BCUT2D eigenvalue weighted by atomic mass is 10.3. The zero-order valence-corrected chi connectivity index (χ0v) is 6.77. The first-order chi connectivity index (χ1) is 6.14. The third-order valence-corrected chi connectivity index (χ3v) is 1.33. The lowest BCUT2D eigenvalue weighted by Gasteiger charge is -2.15. The summed E-state index contributed by atoms with van der Waals surface area (Å²) in [5.74, 6) is -0.0130. The van der Waals surface area contributed by atoms with E-state index in [-0.39, 0.29) is 5.75 Å². The summed E-state index contributed by atoms with van der Waals surface area (Å²) in [4.78, 5) is 0. The molecule has 0 saturated heterocycles. The molecule has 0 bridgehead atoms. The molecule has 0 aromatic heterocycles. The van der Waals surface area contributed by atoms with Crippen LogP contribution in [-0.2, 0) is 0 Å². The Labute approximate surface area is 74.1 Å². The molecule has 1 radical (unpaired) electrons. The van der Waals surface area contributed by atoms with E-state index in [0.29, 0.717) is 0 Å². The number of halogens is 3. The third kappa shape index (κ3) is 3.36. The summed E-state index contributed by atoms with van der Waals surface area (Å²) in [5.41, 5.74) is 0. The molecular formula is C9H8F3O. The predicted octanol–water partition coefficient (Wildman–Crippen LogP) is 2.82. The normalized spacial score (nSPS) is 11.3. The van der Waals surface area contributed by atoms with E-state index in [1.807, 2.05) is 0 Å². The van der Waals surface area contributed by atoms with Gasteiger partial charge in [0.05, 0.1) is 13.1 Å². The molecule has 1 aromatic rings. The molecule has 0 fully saturated rings. The van der Waals surface area contributed by atoms with Crippen LogP contribution < -0.4 is 4.74 Å². The van der Waals surface area contributed by atoms with Crippen LogP contribution in [0.5, 0.6) is 5.75 Å². The summed E-state index contributed by atoms with van der Waals surface area (Å²) >= 11 is 0. The molecule has 1 nitrogen and oxygen atoms in total. The topological polar surface area (TPSA) is 9.23 Å². The van der Waals surface area contributed by atoms with Gasteiger partial charge in [-0.2, -0.15) is 8.78 Å². The van der Waals surface area contributed by atoms with Crippen molar-refractivity contribution in [3.63, 3.8) is 0 Å². The van der Waals surface area contributed by atoms with Crippen LogP contribution in [0, 0.1) is 6.07 Å². The lowest BCUT2D eigenvalue weighted by molar-refractivity contribution is -0.182. The van der Waals surface area contributed by atoms with E-state index >= 15 is 0 Å². The van der Waals surface area contributed by atoms with E-state index in [1.165, 1.54) is 18.2 Å². The number of hydrogen-bond acceptors (Lipinski definition) is 1. The SMILES string of the molecule is FCCC(F)(F)Oc1c[c]ccc1. The van der Waals surface area contributed by atoms with Gasteiger partial charge in [0.15, 0.2) is 0 Å². The molecule has 0 N–H and O–H groups in total. The molecule has 71 valence electrons. The third-order valence-electron chi connectivity index (χ3n) is 1.33. The molecule has 4 heteroatoms. The minimum Gasteiger partial charge on any atom is -0.432 e. The van der Waals surface area contributed by atoms with Gasteiger partial charge in [-0.15, -0.1) is 0 Å². The summed E-state index contributed by atoms with van der Waals surface area (Å²) in [6, 6.07) is 8.28. The zero-order valence-electron chi connectivity index (χ0n) is 6.77. The van der Waals surface area contributed by atoms with Gasteiger partial charge < -0.3 is 4.74 Å². The first kappa shape index (κ1) is 9.89. The van der Waals surface area contributed by atoms with Crippen molar-refractivity contribution >= 4 is 0 Å². The van der Waals surface area contributed by atoms with Crippen molar-refractivity contribution in [2.75, 3.05) is 6.67 Å². The number of rotatable bonds is 4. The number of benzene rings is 1. The monoisotopic (exact) mass is 189 g/mol. The van der Waals surface area contributed by atoms with Crippen molar-refractivity contribution < 1.29 is 17.9 Å². The number of alkyl halides is 3. The molecule has 0 saturated carbocycles. The highest BCUT2D eigenvalue weighted by Crippen LogP contribution is 2.23. The molecule has 1 aromatic carbocycles. The van der Waals surface area contributed by atoms with E-state index in [4.69, 9.17) is 0 Å². The van der Waals surface area contributed by atoms with E-state index < -0.39 is 19.2 Å². The molecule has 0 spiro atoms. The standard InChI is InChI=1S/C9H8F3O/c10-7-6-9(11,12)13-8-4-2-1-3-5-8/h1-2,4-5H,6-7H2. The summed E-state index contributed by atoms with van der Waals surface area (Å²) in [6.07, 6.45) is -4.37. The Hall–Kier alpha value is -1.19. The Balaban J connectivity index is 2.58. The van der Waals surface area contributed by atoms with Crippen LogP contribution in [-0.4, -0.2) is 12.8 Å². The largest absolute Gasteiger partial charge is 0.432 e. The maximum Gasteiger partial charge on any atom is 0.400 e. The second-order valence-corrected chi connectivity index (χ2v) is 2.42. The van der Waals surface area contributed by atoms with Crippen molar-refractivity contribution in [2.45, 2.75) is 12.5 Å². The Morgan fingerprint density at radius 1 is 1.46 bits per heavy atom. The van der Waals surface area contributed by atoms with Crippen LogP contribution in [0.3, 0.4) is 0 Å². The molecule has 0 aliphatic carbocycles.